The van der Waals surface area contributed by atoms with Gasteiger partial charge in [-0.3, -0.25) is 9.59 Å². The van der Waals surface area contributed by atoms with E-state index in [1.54, 1.807) is 18.2 Å². The average molecular weight is 550 g/mol. The van der Waals surface area contributed by atoms with Crippen molar-refractivity contribution < 1.29 is 14.0 Å². The molecule has 36 heavy (non-hydrogen) atoms. The highest BCUT2D eigenvalue weighted by atomic mass is 35.5. The molecule has 0 saturated heterocycles. The number of carbonyl (C=O) groups excluding carboxylic acids is 2. The van der Waals surface area contributed by atoms with Crippen molar-refractivity contribution in [3.63, 3.8) is 0 Å². The van der Waals surface area contributed by atoms with E-state index in [1.807, 2.05) is 37.3 Å². The molecule has 2 amide bonds. The minimum Gasteiger partial charge on any atom is -0.354 e. The first-order chi connectivity index (χ1) is 17.3. The van der Waals surface area contributed by atoms with Gasteiger partial charge in [-0.1, -0.05) is 90.6 Å². The van der Waals surface area contributed by atoms with E-state index < -0.39 is 17.8 Å². The van der Waals surface area contributed by atoms with Gasteiger partial charge in [-0.05, 0) is 41.8 Å². The summed E-state index contributed by atoms with van der Waals surface area (Å²) >= 11 is 18.5. The number of unbranched alkanes of at least 4 members (excludes halogenated alkanes) is 1. The normalized spacial score (nSPS) is 11.7. The Kier molecular flexibility index (Phi) is 10.6. The lowest BCUT2D eigenvalue weighted by atomic mass is 10.0. The van der Waals surface area contributed by atoms with Gasteiger partial charge in [0.2, 0.25) is 11.8 Å². The Balaban J connectivity index is 2.00. The maximum Gasteiger partial charge on any atom is 0.243 e. The lowest BCUT2D eigenvalue weighted by Crippen LogP contribution is -2.51. The maximum absolute atomic E-state index is 14.5. The molecule has 0 saturated carbocycles. The van der Waals surface area contributed by atoms with Crippen LogP contribution in [0.25, 0.3) is 0 Å². The average Bonchev–Trinajstić information content (AvgIpc) is 2.86. The molecule has 0 heterocycles. The quantitative estimate of drug-likeness (QED) is 0.265. The SMILES string of the molecule is CCCCNC(=O)[C@@H](Cc1ccccc1)N(Cc1ccc(Cl)c(Cl)c1)C(=O)Cc1c(F)cccc1Cl. The molecular formula is C28H28Cl3FN2O2. The van der Waals surface area contributed by atoms with Crippen LogP contribution in [0.5, 0.6) is 0 Å². The van der Waals surface area contributed by atoms with Gasteiger partial charge in [-0.15, -0.1) is 0 Å². The minimum atomic E-state index is -0.836. The van der Waals surface area contributed by atoms with Crippen LogP contribution in [0.15, 0.2) is 66.7 Å². The van der Waals surface area contributed by atoms with E-state index in [0.29, 0.717) is 22.2 Å². The summed E-state index contributed by atoms with van der Waals surface area (Å²) in [7, 11) is 0. The Bertz CT molecular complexity index is 1170. The maximum atomic E-state index is 14.5. The summed E-state index contributed by atoms with van der Waals surface area (Å²) in [6.07, 6.45) is 1.73. The molecule has 190 valence electrons. The van der Waals surface area contributed by atoms with Crippen LogP contribution in [0.2, 0.25) is 15.1 Å². The number of nitrogens with zero attached hydrogens (tertiary/aromatic N) is 1. The third kappa shape index (κ3) is 7.70. The molecule has 3 aromatic rings. The van der Waals surface area contributed by atoms with Gasteiger partial charge in [0.25, 0.3) is 0 Å². The molecule has 3 rings (SSSR count). The molecule has 0 aliphatic carbocycles. The molecule has 8 heteroatoms. The summed E-state index contributed by atoms with van der Waals surface area (Å²) in [5.41, 5.74) is 1.67. The fourth-order valence-electron chi connectivity index (χ4n) is 3.85. The molecule has 0 radical (unpaired) electrons. The topological polar surface area (TPSA) is 49.4 Å². The molecule has 0 unspecified atom stereocenters. The van der Waals surface area contributed by atoms with Crippen molar-refractivity contribution in [2.24, 2.45) is 0 Å². The third-order valence-corrected chi connectivity index (χ3v) is 6.92. The van der Waals surface area contributed by atoms with E-state index in [0.717, 1.165) is 18.4 Å². The molecule has 3 aromatic carbocycles. The monoisotopic (exact) mass is 548 g/mol. The molecule has 4 nitrogen and oxygen atoms in total. The van der Waals surface area contributed by atoms with Gasteiger partial charge in [0.15, 0.2) is 0 Å². The van der Waals surface area contributed by atoms with Crippen molar-refractivity contribution in [1.29, 1.82) is 0 Å². The summed E-state index contributed by atoms with van der Waals surface area (Å²) in [4.78, 5) is 28.6. The summed E-state index contributed by atoms with van der Waals surface area (Å²) in [5.74, 6) is -1.28. The van der Waals surface area contributed by atoms with Gasteiger partial charge < -0.3 is 10.2 Å². The molecular weight excluding hydrogens is 522 g/mol. The van der Waals surface area contributed by atoms with Crippen LogP contribution >= 0.6 is 34.8 Å². The molecule has 0 fully saturated rings. The highest BCUT2D eigenvalue weighted by molar-refractivity contribution is 6.42. The number of rotatable bonds is 11. The van der Waals surface area contributed by atoms with Gasteiger partial charge in [-0.25, -0.2) is 4.39 Å². The van der Waals surface area contributed by atoms with Crippen LogP contribution in [0.3, 0.4) is 0 Å². The van der Waals surface area contributed by atoms with Crippen LogP contribution in [-0.4, -0.2) is 29.3 Å². The van der Waals surface area contributed by atoms with E-state index in [-0.39, 0.29) is 35.9 Å². The molecule has 0 bridgehead atoms. The van der Waals surface area contributed by atoms with Gasteiger partial charge in [-0.2, -0.15) is 0 Å². The van der Waals surface area contributed by atoms with Crippen molar-refractivity contribution in [1.82, 2.24) is 10.2 Å². The molecule has 0 aliphatic heterocycles. The third-order valence-electron chi connectivity index (χ3n) is 5.83. The van der Waals surface area contributed by atoms with E-state index in [9.17, 15) is 14.0 Å². The number of hydrogen-bond acceptors (Lipinski definition) is 2. The zero-order valence-corrected chi connectivity index (χ0v) is 22.2. The van der Waals surface area contributed by atoms with Gasteiger partial charge in [0, 0.05) is 30.1 Å². The Hall–Kier alpha value is -2.60. The van der Waals surface area contributed by atoms with Crippen LogP contribution in [-0.2, 0) is 29.0 Å². The molecule has 1 atom stereocenters. The van der Waals surface area contributed by atoms with E-state index in [1.165, 1.54) is 23.1 Å². The van der Waals surface area contributed by atoms with Crippen molar-refractivity contribution in [2.75, 3.05) is 6.54 Å². The van der Waals surface area contributed by atoms with Crippen LogP contribution < -0.4 is 5.32 Å². The van der Waals surface area contributed by atoms with E-state index in [2.05, 4.69) is 5.32 Å². The lowest BCUT2D eigenvalue weighted by molar-refractivity contribution is -0.140. The largest absolute Gasteiger partial charge is 0.354 e. The van der Waals surface area contributed by atoms with Gasteiger partial charge in [0.05, 0.1) is 16.5 Å². The highest BCUT2D eigenvalue weighted by Crippen LogP contribution is 2.26. The Morgan fingerprint density at radius 1 is 0.917 bits per heavy atom. The number of nitrogens with one attached hydrogen (secondary N) is 1. The number of amides is 2. The van der Waals surface area contributed by atoms with Crippen LogP contribution in [0.4, 0.5) is 4.39 Å². The second-order valence-corrected chi connectivity index (χ2v) is 9.72. The second kappa shape index (κ2) is 13.6. The highest BCUT2D eigenvalue weighted by Gasteiger charge is 2.31. The van der Waals surface area contributed by atoms with Crippen LogP contribution in [0.1, 0.15) is 36.5 Å². The Morgan fingerprint density at radius 3 is 2.33 bits per heavy atom. The molecule has 0 spiro atoms. The van der Waals surface area contributed by atoms with Gasteiger partial charge >= 0.3 is 0 Å². The number of halogens is 4. The Labute approximate surface area is 226 Å². The summed E-state index contributed by atoms with van der Waals surface area (Å²) < 4.78 is 14.5. The second-order valence-electron chi connectivity index (χ2n) is 8.50. The predicted octanol–water partition coefficient (Wildman–Crippen LogP) is 6.88. The molecule has 0 aliphatic rings. The molecule has 1 N–H and O–H groups in total. The zero-order chi connectivity index (χ0) is 26.1. The lowest BCUT2D eigenvalue weighted by Gasteiger charge is -2.32. The van der Waals surface area contributed by atoms with Crippen molar-refractivity contribution >= 4 is 46.6 Å². The fourth-order valence-corrected chi connectivity index (χ4v) is 4.40. The van der Waals surface area contributed by atoms with Crippen LogP contribution in [0, 0.1) is 5.82 Å². The fraction of sp³-hybridized carbons (Fsp3) is 0.286. The first-order valence-corrected chi connectivity index (χ1v) is 12.9. The number of carbonyl (C=O) groups is 2. The van der Waals surface area contributed by atoms with Gasteiger partial charge in [0.1, 0.15) is 11.9 Å². The van der Waals surface area contributed by atoms with E-state index in [4.69, 9.17) is 34.8 Å². The van der Waals surface area contributed by atoms with Crippen molar-refractivity contribution in [3.8, 4) is 0 Å². The predicted molar refractivity (Wildman–Crippen MR) is 144 cm³/mol. The number of benzene rings is 3. The first-order valence-electron chi connectivity index (χ1n) is 11.8. The summed E-state index contributed by atoms with van der Waals surface area (Å²) in [5, 5.41) is 3.83. The zero-order valence-electron chi connectivity index (χ0n) is 19.9. The van der Waals surface area contributed by atoms with Crippen molar-refractivity contribution in [2.45, 2.75) is 45.2 Å². The van der Waals surface area contributed by atoms with Crippen molar-refractivity contribution in [3.05, 3.63) is 104 Å². The summed E-state index contributed by atoms with van der Waals surface area (Å²) in [6, 6.07) is 18.0. The smallest absolute Gasteiger partial charge is 0.243 e. The Morgan fingerprint density at radius 2 is 1.67 bits per heavy atom. The van der Waals surface area contributed by atoms with E-state index >= 15 is 0 Å². The minimum absolute atomic E-state index is 0.0838. The number of hydrogen-bond donors (Lipinski definition) is 1. The first kappa shape index (κ1) is 28.0. The standard InChI is InChI=1S/C28H28Cl3FN2O2/c1-2-3-14-33-28(36)26(16-19-8-5-4-6-9-19)34(18-20-12-13-23(30)24(31)15-20)27(35)17-21-22(29)10-7-11-25(21)32/h4-13,15,26H,2-3,14,16-18H2,1H3,(H,33,36)/t26-/m1/s1. The molecule has 0 aromatic heterocycles. The summed E-state index contributed by atoms with van der Waals surface area (Å²) in [6.45, 7) is 2.61.